The fourth-order valence-corrected chi connectivity index (χ4v) is 2.31. The van der Waals surface area contributed by atoms with Crippen LogP contribution in [0.5, 0.6) is 0 Å². The first-order chi connectivity index (χ1) is 5.31. The van der Waals surface area contributed by atoms with Gasteiger partial charge in [-0.2, -0.15) is 0 Å². The van der Waals surface area contributed by atoms with E-state index in [1.54, 1.807) is 0 Å². The smallest absolute Gasteiger partial charge is 0.142 e. The van der Waals surface area contributed by atoms with E-state index in [-0.39, 0.29) is 0 Å². The standard InChI is InChI=1S/C10H14O/c1-2-8-5-7-3-4-9(6-7)10(8)11/h3-4,7-9H,2,5-6H2,1H3/t7-,8-,9-/m1/s1. The summed E-state index contributed by atoms with van der Waals surface area (Å²) >= 11 is 0. The predicted octanol–water partition coefficient (Wildman–Crippen LogP) is 2.18. The molecule has 0 saturated heterocycles. The third-order valence-electron chi connectivity index (χ3n) is 3.02. The maximum absolute atomic E-state index is 11.6. The zero-order valence-corrected chi connectivity index (χ0v) is 6.92. The van der Waals surface area contributed by atoms with Gasteiger partial charge in [-0.3, -0.25) is 4.79 Å². The number of carbonyl (C=O) groups excluding carboxylic acids is 1. The molecule has 0 N–H and O–H groups in total. The lowest BCUT2D eigenvalue weighted by Crippen LogP contribution is -2.27. The van der Waals surface area contributed by atoms with Crippen LogP contribution in [0.15, 0.2) is 12.2 Å². The minimum atomic E-state index is 0.290. The predicted molar refractivity (Wildman–Crippen MR) is 44.1 cm³/mol. The molecule has 0 radical (unpaired) electrons. The van der Waals surface area contributed by atoms with E-state index in [2.05, 4.69) is 19.1 Å². The van der Waals surface area contributed by atoms with Gasteiger partial charge in [-0.05, 0) is 25.2 Å². The van der Waals surface area contributed by atoms with Gasteiger partial charge in [0.1, 0.15) is 5.78 Å². The summed E-state index contributed by atoms with van der Waals surface area (Å²) in [5.74, 6) is 1.88. The first-order valence-electron chi connectivity index (χ1n) is 4.53. The van der Waals surface area contributed by atoms with Gasteiger partial charge in [0.05, 0.1) is 0 Å². The first-order valence-corrected chi connectivity index (χ1v) is 4.53. The molecule has 0 heterocycles. The highest BCUT2D eigenvalue weighted by Crippen LogP contribution is 2.38. The number of Topliss-reactive ketones (excluding diaryl/α,β-unsaturated/α-hetero) is 1. The van der Waals surface area contributed by atoms with E-state index in [0.29, 0.717) is 17.6 Å². The molecule has 2 aliphatic carbocycles. The molecule has 11 heavy (non-hydrogen) atoms. The van der Waals surface area contributed by atoms with Crippen molar-refractivity contribution in [3.05, 3.63) is 12.2 Å². The second-order valence-electron chi connectivity index (χ2n) is 3.73. The Kier molecular flexibility index (Phi) is 1.59. The van der Waals surface area contributed by atoms with Crippen LogP contribution in [0.2, 0.25) is 0 Å². The van der Waals surface area contributed by atoms with E-state index < -0.39 is 0 Å². The topological polar surface area (TPSA) is 17.1 Å². The third kappa shape index (κ3) is 1.03. The van der Waals surface area contributed by atoms with Crippen molar-refractivity contribution < 1.29 is 4.79 Å². The van der Waals surface area contributed by atoms with Gasteiger partial charge >= 0.3 is 0 Å². The molecule has 0 aliphatic heterocycles. The number of hydrogen-bond donors (Lipinski definition) is 0. The number of rotatable bonds is 1. The Morgan fingerprint density at radius 1 is 1.45 bits per heavy atom. The first kappa shape index (κ1) is 7.08. The van der Waals surface area contributed by atoms with E-state index in [4.69, 9.17) is 0 Å². The number of hydrogen-bond acceptors (Lipinski definition) is 1. The fourth-order valence-electron chi connectivity index (χ4n) is 2.31. The summed E-state index contributed by atoms with van der Waals surface area (Å²) in [5, 5.41) is 0. The van der Waals surface area contributed by atoms with E-state index in [9.17, 15) is 4.79 Å². The van der Waals surface area contributed by atoms with Gasteiger partial charge in [-0.25, -0.2) is 0 Å². The average Bonchev–Trinajstić information content (AvgIpc) is 2.42. The van der Waals surface area contributed by atoms with Crippen LogP contribution < -0.4 is 0 Å². The summed E-state index contributed by atoms with van der Waals surface area (Å²) in [6.07, 6.45) is 7.60. The fraction of sp³-hybridized carbons (Fsp3) is 0.700. The minimum absolute atomic E-state index is 0.290. The molecule has 0 aromatic carbocycles. The molecule has 0 amide bonds. The second kappa shape index (κ2) is 2.47. The Labute approximate surface area is 67.5 Å². The molecule has 2 rings (SSSR count). The molecular weight excluding hydrogens is 136 g/mol. The zero-order valence-electron chi connectivity index (χ0n) is 6.92. The highest BCUT2D eigenvalue weighted by molar-refractivity contribution is 5.86. The maximum Gasteiger partial charge on any atom is 0.142 e. The van der Waals surface area contributed by atoms with Crippen molar-refractivity contribution in [1.29, 1.82) is 0 Å². The van der Waals surface area contributed by atoms with Crippen molar-refractivity contribution >= 4 is 5.78 Å². The highest BCUT2D eigenvalue weighted by Gasteiger charge is 2.36. The van der Waals surface area contributed by atoms with Gasteiger partial charge in [0.15, 0.2) is 0 Å². The van der Waals surface area contributed by atoms with E-state index >= 15 is 0 Å². The van der Waals surface area contributed by atoms with Crippen LogP contribution in [-0.2, 0) is 4.79 Å². The SMILES string of the molecule is CC[C@@H]1C[C@H]2C=C[C@H](C2)C1=O. The van der Waals surface area contributed by atoms with Crippen LogP contribution in [0.3, 0.4) is 0 Å². The van der Waals surface area contributed by atoms with Gasteiger partial charge in [-0.15, -0.1) is 0 Å². The largest absolute Gasteiger partial charge is 0.299 e. The average molecular weight is 150 g/mol. The Balaban J connectivity index is 2.17. The molecule has 0 spiro atoms. The molecule has 3 atom stereocenters. The summed E-state index contributed by atoms with van der Waals surface area (Å²) < 4.78 is 0. The van der Waals surface area contributed by atoms with Crippen LogP contribution in [0.1, 0.15) is 26.2 Å². The lowest BCUT2D eigenvalue weighted by Gasteiger charge is -2.25. The quantitative estimate of drug-likeness (QED) is 0.523. The molecule has 0 unspecified atom stereocenters. The molecule has 0 aromatic heterocycles. The van der Waals surface area contributed by atoms with Crippen molar-refractivity contribution in [2.24, 2.45) is 17.8 Å². The van der Waals surface area contributed by atoms with E-state index in [1.807, 2.05) is 0 Å². The van der Waals surface area contributed by atoms with Crippen LogP contribution >= 0.6 is 0 Å². The van der Waals surface area contributed by atoms with Crippen LogP contribution in [0.25, 0.3) is 0 Å². The van der Waals surface area contributed by atoms with Crippen LogP contribution in [-0.4, -0.2) is 5.78 Å². The lowest BCUT2D eigenvalue weighted by molar-refractivity contribution is -0.127. The van der Waals surface area contributed by atoms with Crippen molar-refractivity contribution in [2.45, 2.75) is 26.2 Å². The van der Waals surface area contributed by atoms with Crippen molar-refractivity contribution in [1.82, 2.24) is 0 Å². The molecule has 2 bridgehead atoms. The summed E-state index contributed by atoms with van der Waals surface area (Å²) in [5.41, 5.74) is 0. The van der Waals surface area contributed by atoms with Gasteiger partial charge in [0, 0.05) is 11.8 Å². The second-order valence-corrected chi connectivity index (χ2v) is 3.73. The number of fused-ring (bicyclic) bond motifs is 2. The molecule has 60 valence electrons. The number of carbonyl (C=O) groups is 1. The summed E-state index contributed by atoms with van der Waals surface area (Å²) in [6, 6.07) is 0. The maximum atomic E-state index is 11.6. The van der Waals surface area contributed by atoms with Gasteiger partial charge in [0.25, 0.3) is 0 Å². The van der Waals surface area contributed by atoms with Crippen LogP contribution in [0, 0.1) is 17.8 Å². The summed E-state index contributed by atoms with van der Waals surface area (Å²) in [7, 11) is 0. The molecule has 1 fully saturated rings. The van der Waals surface area contributed by atoms with Crippen molar-refractivity contribution in [3.8, 4) is 0 Å². The van der Waals surface area contributed by atoms with E-state index in [1.165, 1.54) is 0 Å². The Hall–Kier alpha value is -0.590. The number of ketones is 1. The summed E-state index contributed by atoms with van der Waals surface area (Å²) in [6.45, 7) is 2.12. The Morgan fingerprint density at radius 2 is 2.27 bits per heavy atom. The molecule has 0 aromatic rings. The monoisotopic (exact) mass is 150 g/mol. The van der Waals surface area contributed by atoms with Crippen molar-refractivity contribution in [2.75, 3.05) is 0 Å². The van der Waals surface area contributed by atoms with E-state index in [0.717, 1.165) is 25.2 Å². The Morgan fingerprint density at radius 3 is 3.00 bits per heavy atom. The molecular formula is C10H14O. The lowest BCUT2D eigenvalue weighted by atomic mass is 9.78. The van der Waals surface area contributed by atoms with Crippen LogP contribution in [0.4, 0.5) is 0 Å². The zero-order chi connectivity index (χ0) is 7.84. The molecule has 2 aliphatic rings. The molecule has 1 saturated carbocycles. The van der Waals surface area contributed by atoms with Gasteiger partial charge in [0.2, 0.25) is 0 Å². The third-order valence-corrected chi connectivity index (χ3v) is 3.02. The number of allylic oxidation sites excluding steroid dienone is 2. The van der Waals surface area contributed by atoms with Crippen molar-refractivity contribution in [3.63, 3.8) is 0 Å². The normalized spacial score (nSPS) is 41.5. The van der Waals surface area contributed by atoms with Gasteiger partial charge in [-0.1, -0.05) is 19.1 Å². The Bertz CT molecular complexity index is 205. The molecule has 1 nitrogen and oxygen atoms in total. The highest BCUT2D eigenvalue weighted by atomic mass is 16.1. The summed E-state index contributed by atoms with van der Waals surface area (Å²) in [4.78, 5) is 11.6. The minimum Gasteiger partial charge on any atom is -0.299 e. The molecule has 1 heteroatoms. The van der Waals surface area contributed by atoms with Gasteiger partial charge < -0.3 is 0 Å².